The van der Waals surface area contributed by atoms with Gasteiger partial charge in [-0.05, 0) is 50.5 Å². The highest BCUT2D eigenvalue weighted by Gasteiger charge is 2.29. The highest BCUT2D eigenvalue weighted by Crippen LogP contribution is 2.34. The summed E-state index contributed by atoms with van der Waals surface area (Å²) in [5.74, 6) is 2.60. The van der Waals surface area contributed by atoms with Crippen molar-refractivity contribution in [3.05, 3.63) is 0 Å². The van der Waals surface area contributed by atoms with E-state index >= 15 is 0 Å². The fraction of sp³-hybridized carbons (Fsp3) is 1.00. The summed E-state index contributed by atoms with van der Waals surface area (Å²) in [6.07, 6.45) is 7.03. The standard InChI is InChI=1S/C17H35NO/c1-6-15(4)13-18(5)8-7-9-19-17-11-16(12-17)10-14(2)3/h14-17H,6-13H2,1-5H3/t15?,16-,17-. The molecule has 19 heavy (non-hydrogen) atoms. The van der Waals surface area contributed by atoms with Crippen molar-refractivity contribution in [2.75, 3.05) is 26.7 Å². The van der Waals surface area contributed by atoms with Crippen LogP contribution in [-0.2, 0) is 4.74 Å². The van der Waals surface area contributed by atoms with E-state index < -0.39 is 0 Å². The number of hydrogen-bond donors (Lipinski definition) is 0. The summed E-state index contributed by atoms with van der Waals surface area (Å²) in [6, 6.07) is 0. The SMILES string of the molecule is CCC(C)CN(C)CCCO[C@H]1C[C@H](CC(C)C)C1. The van der Waals surface area contributed by atoms with Gasteiger partial charge in [-0.3, -0.25) is 0 Å². The highest BCUT2D eigenvalue weighted by atomic mass is 16.5. The van der Waals surface area contributed by atoms with E-state index in [2.05, 4.69) is 39.6 Å². The Labute approximate surface area is 120 Å². The third-order valence-corrected chi connectivity index (χ3v) is 4.36. The van der Waals surface area contributed by atoms with Crippen molar-refractivity contribution >= 4 is 0 Å². The fourth-order valence-corrected chi connectivity index (χ4v) is 3.01. The molecular weight excluding hydrogens is 234 g/mol. The second kappa shape index (κ2) is 8.97. The average Bonchev–Trinajstić information content (AvgIpc) is 2.29. The minimum atomic E-state index is 0.573. The predicted molar refractivity (Wildman–Crippen MR) is 83.5 cm³/mol. The van der Waals surface area contributed by atoms with E-state index in [0.717, 1.165) is 24.4 Å². The Bertz CT molecular complexity index is 223. The summed E-state index contributed by atoms with van der Waals surface area (Å²) in [5.41, 5.74) is 0. The molecule has 1 aliphatic carbocycles. The summed E-state index contributed by atoms with van der Waals surface area (Å²) >= 11 is 0. The first-order valence-corrected chi connectivity index (χ1v) is 8.31. The van der Waals surface area contributed by atoms with E-state index in [0.29, 0.717) is 6.10 Å². The van der Waals surface area contributed by atoms with Crippen molar-refractivity contribution in [1.82, 2.24) is 4.90 Å². The lowest BCUT2D eigenvalue weighted by molar-refractivity contribution is -0.0376. The van der Waals surface area contributed by atoms with E-state index in [1.54, 1.807) is 0 Å². The molecule has 0 aliphatic heterocycles. The lowest BCUT2D eigenvalue weighted by Crippen LogP contribution is -2.33. The Balaban J connectivity index is 1.92. The van der Waals surface area contributed by atoms with E-state index in [4.69, 9.17) is 4.74 Å². The molecule has 0 spiro atoms. The first-order chi connectivity index (χ1) is 9.01. The van der Waals surface area contributed by atoms with Gasteiger partial charge in [-0.25, -0.2) is 0 Å². The van der Waals surface area contributed by atoms with Crippen LogP contribution in [-0.4, -0.2) is 37.7 Å². The first kappa shape index (κ1) is 17.0. The first-order valence-electron chi connectivity index (χ1n) is 8.31. The summed E-state index contributed by atoms with van der Waals surface area (Å²) in [4.78, 5) is 2.44. The molecule has 0 aromatic carbocycles. The maximum absolute atomic E-state index is 5.94. The van der Waals surface area contributed by atoms with Crippen molar-refractivity contribution < 1.29 is 4.74 Å². The monoisotopic (exact) mass is 269 g/mol. The Kier molecular flexibility index (Phi) is 8.01. The van der Waals surface area contributed by atoms with Gasteiger partial charge < -0.3 is 9.64 Å². The summed E-state index contributed by atoms with van der Waals surface area (Å²) in [6.45, 7) is 12.6. The molecule has 2 nitrogen and oxygen atoms in total. The molecule has 0 amide bonds. The molecule has 0 aromatic rings. The number of ether oxygens (including phenoxy) is 1. The molecular formula is C17H35NO. The fourth-order valence-electron chi connectivity index (χ4n) is 3.01. The van der Waals surface area contributed by atoms with Crippen LogP contribution < -0.4 is 0 Å². The molecule has 0 heterocycles. The van der Waals surface area contributed by atoms with Gasteiger partial charge in [0.25, 0.3) is 0 Å². The van der Waals surface area contributed by atoms with Gasteiger partial charge in [0.15, 0.2) is 0 Å². The highest BCUT2D eigenvalue weighted by molar-refractivity contribution is 4.80. The van der Waals surface area contributed by atoms with Crippen LogP contribution in [0.15, 0.2) is 0 Å². The smallest absolute Gasteiger partial charge is 0.0580 e. The summed E-state index contributed by atoms with van der Waals surface area (Å²) < 4.78 is 5.94. The third kappa shape index (κ3) is 7.31. The number of nitrogens with zero attached hydrogens (tertiary/aromatic N) is 1. The molecule has 0 radical (unpaired) electrons. The molecule has 1 aliphatic rings. The molecule has 114 valence electrons. The molecule has 2 heteroatoms. The van der Waals surface area contributed by atoms with Crippen LogP contribution >= 0.6 is 0 Å². The maximum Gasteiger partial charge on any atom is 0.0580 e. The van der Waals surface area contributed by atoms with Gasteiger partial charge in [0.2, 0.25) is 0 Å². The zero-order chi connectivity index (χ0) is 14.3. The normalized spacial score (nSPS) is 24.8. The van der Waals surface area contributed by atoms with Crippen LogP contribution in [0.25, 0.3) is 0 Å². The van der Waals surface area contributed by atoms with Gasteiger partial charge in [-0.1, -0.05) is 34.1 Å². The van der Waals surface area contributed by atoms with Gasteiger partial charge in [0, 0.05) is 19.7 Å². The largest absolute Gasteiger partial charge is 0.378 e. The minimum Gasteiger partial charge on any atom is -0.378 e. The molecule has 0 aromatic heterocycles. The number of rotatable bonds is 10. The van der Waals surface area contributed by atoms with Crippen molar-refractivity contribution in [3.63, 3.8) is 0 Å². The van der Waals surface area contributed by atoms with Gasteiger partial charge in [0.1, 0.15) is 0 Å². The van der Waals surface area contributed by atoms with Crippen LogP contribution in [0.2, 0.25) is 0 Å². The number of hydrogen-bond acceptors (Lipinski definition) is 2. The van der Waals surface area contributed by atoms with Crippen molar-refractivity contribution in [3.8, 4) is 0 Å². The molecule has 0 N–H and O–H groups in total. The topological polar surface area (TPSA) is 12.5 Å². The van der Waals surface area contributed by atoms with Crippen molar-refractivity contribution in [2.24, 2.45) is 17.8 Å². The van der Waals surface area contributed by atoms with E-state index in [1.165, 1.54) is 45.2 Å². The Morgan fingerprint density at radius 3 is 2.47 bits per heavy atom. The lowest BCUT2D eigenvalue weighted by atomic mass is 9.77. The van der Waals surface area contributed by atoms with Gasteiger partial charge >= 0.3 is 0 Å². The Hall–Kier alpha value is -0.0800. The van der Waals surface area contributed by atoms with Gasteiger partial charge in [0.05, 0.1) is 6.10 Å². The van der Waals surface area contributed by atoms with Crippen LogP contribution in [0.1, 0.15) is 59.8 Å². The van der Waals surface area contributed by atoms with Gasteiger partial charge in [-0.15, -0.1) is 0 Å². The van der Waals surface area contributed by atoms with E-state index in [1.807, 2.05) is 0 Å². The van der Waals surface area contributed by atoms with E-state index in [9.17, 15) is 0 Å². The molecule has 1 fully saturated rings. The zero-order valence-corrected chi connectivity index (χ0v) is 13.8. The molecule has 1 rings (SSSR count). The van der Waals surface area contributed by atoms with Crippen LogP contribution in [0.5, 0.6) is 0 Å². The molecule has 0 saturated heterocycles. The Morgan fingerprint density at radius 2 is 1.89 bits per heavy atom. The van der Waals surface area contributed by atoms with Crippen molar-refractivity contribution in [2.45, 2.75) is 65.9 Å². The third-order valence-electron chi connectivity index (χ3n) is 4.36. The summed E-state index contributed by atoms with van der Waals surface area (Å²) in [7, 11) is 2.23. The van der Waals surface area contributed by atoms with Gasteiger partial charge in [-0.2, -0.15) is 0 Å². The second-order valence-electron chi connectivity index (χ2n) is 7.09. The maximum atomic E-state index is 5.94. The Morgan fingerprint density at radius 1 is 1.21 bits per heavy atom. The van der Waals surface area contributed by atoms with Crippen LogP contribution in [0.4, 0.5) is 0 Å². The van der Waals surface area contributed by atoms with Crippen LogP contribution in [0.3, 0.4) is 0 Å². The minimum absolute atomic E-state index is 0.573. The second-order valence-corrected chi connectivity index (χ2v) is 7.09. The predicted octanol–water partition coefficient (Wildman–Crippen LogP) is 4.20. The quantitative estimate of drug-likeness (QED) is 0.551. The zero-order valence-electron chi connectivity index (χ0n) is 13.8. The molecule has 1 saturated carbocycles. The van der Waals surface area contributed by atoms with E-state index in [-0.39, 0.29) is 0 Å². The summed E-state index contributed by atoms with van der Waals surface area (Å²) in [5, 5.41) is 0. The van der Waals surface area contributed by atoms with Crippen molar-refractivity contribution in [1.29, 1.82) is 0 Å². The molecule has 1 atom stereocenters. The molecule has 0 bridgehead atoms. The average molecular weight is 269 g/mol. The van der Waals surface area contributed by atoms with Crippen LogP contribution in [0, 0.1) is 17.8 Å². The molecule has 1 unspecified atom stereocenters. The lowest BCUT2D eigenvalue weighted by Gasteiger charge is -2.36.